The van der Waals surface area contributed by atoms with E-state index in [0.717, 1.165) is 22.7 Å². The maximum Gasteiger partial charge on any atom is 0.0547 e. The fraction of sp³-hybridized carbons (Fsp3) is 0.161. The zero-order valence-corrected chi connectivity index (χ0v) is 37.1. The van der Waals surface area contributed by atoms with E-state index in [1.54, 1.807) is 0 Å². The molecule has 0 radical (unpaired) electrons. The van der Waals surface area contributed by atoms with Crippen molar-refractivity contribution in [1.29, 1.82) is 0 Å². The lowest BCUT2D eigenvalue weighted by atomic mass is 9.80. The Morgan fingerprint density at radius 2 is 1.00 bits per heavy atom. The largest absolute Gasteiger partial charge is 0.309 e. The van der Waals surface area contributed by atoms with Crippen LogP contribution in [-0.2, 0) is 5.41 Å². The number of hydrogen-bond acceptors (Lipinski definition) is 1. The van der Waals surface area contributed by atoms with Crippen LogP contribution in [-0.4, -0.2) is 4.57 Å². The van der Waals surface area contributed by atoms with Crippen LogP contribution >= 0.6 is 0 Å². The Labute approximate surface area is 378 Å². The molecule has 2 nitrogen and oxygen atoms in total. The molecular formula is C62H54N2. The molecule has 1 aromatic heterocycles. The molecule has 1 aliphatic carbocycles. The van der Waals surface area contributed by atoms with Crippen LogP contribution in [0, 0.1) is 0 Å². The summed E-state index contributed by atoms with van der Waals surface area (Å²) >= 11 is 0. The minimum absolute atomic E-state index is 0.0793. The molecule has 64 heavy (non-hydrogen) atoms. The second kappa shape index (κ2) is 16.5. The number of nitrogens with zero attached hydrogens (tertiary/aromatic N) is 2. The van der Waals surface area contributed by atoms with Gasteiger partial charge in [0.2, 0.25) is 0 Å². The van der Waals surface area contributed by atoms with Crippen molar-refractivity contribution in [1.82, 2.24) is 4.57 Å². The fourth-order valence-corrected chi connectivity index (χ4v) is 10.7. The maximum atomic E-state index is 2.60. The van der Waals surface area contributed by atoms with Gasteiger partial charge < -0.3 is 9.47 Å². The second-order valence-corrected chi connectivity index (χ2v) is 18.7. The summed E-state index contributed by atoms with van der Waals surface area (Å²) in [5.41, 5.74) is 17.0. The van der Waals surface area contributed by atoms with Crippen molar-refractivity contribution < 1.29 is 0 Å². The first-order valence-electron chi connectivity index (χ1n) is 23.2. The highest BCUT2D eigenvalue weighted by atomic mass is 15.2. The number of hydrogen-bond donors (Lipinski definition) is 0. The average Bonchev–Trinajstić information content (AvgIpc) is 3.69. The van der Waals surface area contributed by atoms with Crippen LogP contribution < -0.4 is 4.90 Å². The van der Waals surface area contributed by atoms with E-state index >= 15 is 0 Å². The van der Waals surface area contributed by atoms with Gasteiger partial charge in [-0.25, -0.2) is 0 Å². The molecule has 11 rings (SSSR count). The minimum atomic E-state index is -0.0793. The van der Waals surface area contributed by atoms with Crippen molar-refractivity contribution in [3.05, 3.63) is 217 Å². The van der Waals surface area contributed by atoms with Crippen LogP contribution in [0.2, 0.25) is 0 Å². The summed E-state index contributed by atoms with van der Waals surface area (Å²) in [7, 11) is 0. The Morgan fingerprint density at radius 3 is 1.70 bits per heavy atom. The van der Waals surface area contributed by atoms with Crippen LogP contribution in [0.4, 0.5) is 17.1 Å². The van der Waals surface area contributed by atoms with E-state index < -0.39 is 0 Å². The second-order valence-electron chi connectivity index (χ2n) is 18.7. The predicted molar refractivity (Wildman–Crippen MR) is 274 cm³/mol. The number of para-hydroxylation sites is 4. The zero-order chi connectivity index (χ0) is 43.2. The third-order valence-electron chi connectivity index (χ3n) is 13.8. The lowest BCUT2D eigenvalue weighted by Crippen LogP contribution is -2.17. The van der Waals surface area contributed by atoms with Crippen molar-refractivity contribution in [2.45, 2.75) is 64.2 Å². The molecule has 312 valence electrons. The summed E-state index contributed by atoms with van der Waals surface area (Å²) < 4.78 is 2.43. The monoisotopic (exact) mass is 826 g/mol. The third kappa shape index (κ3) is 6.99. The maximum absolute atomic E-state index is 2.60. The molecule has 0 N–H and O–H groups in total. The topological polar surface area (TPSA) is 8.17 Å². The molecule has 1 saturated carbocycles. The molecule has 9 aromatic carbocycles. The molecular weight excluding hydrogens is 773 g/mol. The fourth-order valence-electron chi connectivity index (χ4n) is 10.7. The molecule has 0 bridgehead atoms. The van der Waals surface area contributed by atoms with Gasteiger partial charge in [-0.1, -0.05) is 204 Å². The van der Waals surface area contributed by atoms with Crippen LogP contribution in [0.15, 0.2) is 206 Å². The first-order valence-corrected chi connectivity index (χ1v) is 23.2. The number of rotatable bonds is 8. The Kier molecular flexibility index (Phi) is 10.2. The van der Waals surface area contributed by atoms with Crippen molar-refractivity contribution >= 4 is 49.6 Å². The molecule has 0 saturated heterocycles. The van der Waals surface area contributed by atoms with Gasteiger partial charge in [0.25, 0.3) is 0 Å². The SMILES string of the molecule is CC(C)(C)c1ccc(-c2ccccc2)c(N(c2ccccc2-c2cccc3cccc(C4CCCCC4)c23)c2ccccc2-c2cccc3c2c2ccccc2n3-c2ccccc2)c1. The summed E-state index contributed by atoms with van der Waals surface area (Å²) in [5, 5.41) is 5.19. The van der Waals surface area contributed by atoms with Gasteiger partial charge in [-0.3, -0.25) is 0 Å². The summed E-state index contributed by atoms with van der Waals surface area (Å²) in [5.74, 6) is 0.564. The van der Waals surface area contributed by atoms with Gasteiger partial charge in [0, 0.05) is 33.2 Å². The number of fused-ring (bicyclic) bond motifs is 4. The first kappa shape index (κ1) is 39.7. The molecule has 0 amide bonds. The Morgan fingerprint density at radius 1 is 0.438 bits per heavy atom. The van der Waals surface area contributed by atoms with Gasteiger partial charge in [0.15, 0.2) is 0 Å². The lowest BCUT2D eigenvalue weighted by Gasteiger charge is -2.33. The van der Waals surface area contributed by atoms with Gasteiger partial charge in [-0.05, 0) is 105 Å². The van der Waals surface area contributed by atoms with E-state index in [-0.39, 0.29) is 5.41 Å². The van der Waals surface area contributed by atoms with E-state index in [0.29, 0.717) is 5.92 Å². The third-order valence-corrected chi connectivity index (χ3v) is 13.8. The molecule has 1 fully saturated rings. The number of benzene rings is 9. The Balaban J connectivity index is 1.23. The molecule has 0 atom stereocenters. The van der Waals surface area contributed by atoms with Crippen molar-refractivity contribution in [2.24, 2.45) is 0 Å². The normalized spacial score (nSPS) is 13.5. The van der Waals surface area contributed by atoms with E-state index in [4.69, 9.17) is 0 Å². The zero-order valence-electron chi connectivity index (χ0n) is 37.1. The summed E-state index contributed by atoms with van der Waals surface area (Å²) in [6.07, 6.45) is 6.44. The molecule has 10 aromatic rings. The first-order chi connectivity index (χ1) is 31.4. The summed E-state index contributed by atoms with van der Waals surface area (Å²) in [6, 6.07) is 76.9. The van der Waals surface area contributed by atoms with Crippen molar-refractivity contribution in [3.63, 3.8) is 0 Å². The lowest BCUT2D eigenvalue weighted by molar-refractivity contribution is 0.445. The average molecular weight is 827 g/mol. The van der Waals surface area contributed by atoms with E-state index in [2.05, 4.69) is 236 Å². The molecule has 0 unspecified atom stereocenters. The molecule has 1 heterocycles. The van der Waals surface area contributed by atoms with E-state index in [1.807, 2.05) is 0 Å². The molecule has 0 aliphatic heterocycles. The Hall–Kier alpha value is -7.16. The molecule has 2 heteroatoms. The van der Waals surface area contributed by atoms with E-state index in [1.165, 1.54) is 109 Å². The highest BCUT2D eigenvalue weighted by molar-refractivity contribution is 6.17. The summed E-state index contributed by atoms with van der Waals surface area (Å²) in [4.78, 5) is 2.60. The molecule has 1 aliphatic rings. The van der Waals surface area contributed by atoms with Crippen molar-refractivity contribution in [3.8, 4) is 39.1 Å². The van der Waals surface area contributed by atoms with Gasteiger partial charge >= 0.3 is 0 Å². The minimum Gasteiger partial charge on any atom is -0.309 e. The Bertz CT molecular complexity index is 3280. The number of anilines is 3. The smallest absolute Gasteiger partial charge is 0.0547 e. The van der Waals surface area contributed by atoms with Gasteiger partial charge in [0.1, 0.15) is 0 Å². The van der Waals surface area contributed by atoms with Crippen LogP contribution in [0.1, 0.15) is 69.9 Å². The van der Waals surface area contributed by atoms with Gasteiger partial charge in [-0.15, -0.1) is 0 Å². The van der Waals surface area contributed by atoms with Crippen LogP contribution in [0.3, 0.4) is 0 Å². The quantitative estimate of drug-likeness (QED) is 0.148. The van der Waals surface area contributed by atoms with Gasteiger partial charge in [0.05, 0.1) is 28.1 Å². The van der Waals surface area contributed by atoms with Crippen molar-refractivity contribution in [2.75, 3.05) is 4.90 Å². The summed E-state index contributed by atoms with van der Waals surface area (Å²) in [6.45, 7) is 6.98. The van der Waals surface area contributed by atoms with Gasteiger partial charge in [-0.2, -0.15) is 0 Å². The highest BCUT2D eigenvalue weighted by Crippen LogP contribution is 2.51. The van der Waals surface area contributed by atoms with Crippen LogP contribution in [0.5, 0.6) is 0 Å². The number of aromatic nitrogens is 1. The van der Waals surface area contributed by atoms with E-state index in [9.17, 15) is 0 Å². The standard InChI is InChI=1S/C62H54N2/c1-62(2,3)46-40-41-48(43-22-7-4-8-23-43)59(42-46)64(55-36-16-13-30-50(55)52-34-20-27-45-26-19-33-49(60(45)52)44-24-9-5-10-25-44)56-37-17-14-31-51(56)53-35-21-39-58-61(53)54-32-15-18-38-57(54)63(58)47-28-11-6-12-29-47/h4,6-8,11-23,26-42,44H,5,9-10,24-25H2,1-3H3. The molecule has 0 spiro atoms. The van der Waals surface area contributed by atoms with Crippen LogP contribution in [0.25, 0.3) is 71.6 Å². The predicted octanol–water partition coefficient (Wildman–Crippen LogP) is 17.8. The highest BCUT2D eigenvalue weighted by Gasteiger charge is 2.28.